The van der Waals surface area contributed by atoms with Crippen LogP contribution in [0.3, 0.4) is 0 Å². The Morgan fingerprint density at radius 3 is 2.85 bits per heavy atom. The van der Waals surface area contributed by atoms with E-state index in [2.05, 4.69) is 11.1 Å². The Morgan fingerprint density at radius 1 is 1.46 bits per heavy atom. The van der Waals surface area contributed by atoms with E-state index in [9.17, 15) is 4.79 Å². The summed E-state index contributed by atoms with van der Waals surface area (Å²) in [5.74, 6) is 0. The van der Waals surface area contributed by atoms with Gasteiger partial charge in [0.2, 0.25) is 0 Å². The number of rotatable bonds is 1. The molecule has 0 spiro atoms. The second-order valence-electron chi connectivity index (χ2n) is 3.55. The number of imidazole rings is 1. The van der Waals surface area contributed by atoms with Crippen molar-refractivity contribution in [3.05, 3.63) is 28.5 Å². The minimum atomic E-state index is -0.00866. The maximum absolute atomic E-state index is 11.4. The van der Waals surface area contributed by atoms with Gasteiger partial charge in [-0.05, 0) is 32.6 Å². The van der Waals surface area contributed by atoms with Gasteiger partial charge in [0, 0.05) is 17.6 Å². The summed E-state index contributed by atoms with van der Waals surface area (Å²) in [6, 6.07) is 0. The molecule has 2 rings (SSSR count). The molecule has 0 atom stereocenters. The third-order valence-corrected chi connectivity index (χ3v) is 2.42. The molecule has 0 amide bonds. The third kappa shape index (κ3) is 1.59. The maximum Gasteiger partial charge on any atom is 0.330 e. The average Bonchev–Trinajstić information content (AvgIpc) is 2.47. The summed E-state index contributed by atoms with van der Waals surface area (Å²) in [7, 11) is 0. The molecule has 0 saturated heterocycles. The molecule has 0 saturated carbocycles. The summed E-state index contributed by atoms with van der Waals surface area (Å²) >= 11 is 0. The molecule has 3 heteroatoms. The van der Waals surface area contributed by atoms with Crippen LogP contribution in [0.2, 0.25) is 0 Å². The Labute approximate surface area is 77.1 Å². The lowest BCUT2D eigenvalue weighted by atomic mass is 10.0. The fourth-order valence-electron chi connectivity index (χ4n) is 1.77. The first-order valence-corrected chi connectivity index (χ1v) is 4.75. The summed E-state index contributed by atoms with van der Waals surface area (Å²) < 4.78 is 1.73. The molecule has 1 aliphatic rings. The van der Waals surface area contributed by atoms with Gasteiger partial charge in [-0.2, -0.15) is 0 Å². The Bertz CT molecular complexity index is 384. The van der Waals surface area contributed by atoms with Crippen LogP contribution in [0, 0.1) is 6.92 Å². The van der Waals surface area contributed by atoms with Crippen LogP contribution in [0.1, 0.15) is 31.4 Å². The molecule has 0 aromatic carbocycles. The topological polar surface area (TPSA) is 37.8 Å². The van der Waals surface area contributed by atoms with E-state index in [1.165, 1.54) is 12.8 Å². The molecule has 3 nitrogen and oxygen atoms in total. The highest BCUT2D eigenvalue weighted by Crippen LogP contribution is 2.20. The molecule has 0 bridgehead atoms. The number of aryl methyl sites for hydroxylation is 1. The molecule has 0 unspecified atom stereocenters. The number of nitrogens with one attached hydrogen (secondary N) is 1. The highest BCUT2D eigenvalue weighted by molar-refractivity contribution is 5.45. The fraction of sp³-hybridized carbons (Fsp3) is 0.500. The Kier molecular flexibility index (Phi) is 2.08. The van der Waals surface area contributed by atoms with Gasteiger partial charge >= 0.3 is 5.69 Å². The van der Waals surface area contributed by atoms with E-state index in [1.54, 1.807) is 4.57 Å². The Morgan fingerprint density at radius 2 is 2.31 bits per heavy atom. The van der Waals surface area contributed by atoms with E-state index in [1.807, 2.05) is 13.1 Å². The molecule has 1 aromatic rings. The number of allylic oxidation sites excluding steroid dienone is 2. The zero-order chi connectivity index (χ0) is 9.26. The highest BCUT2D eigenvalue weighted by Gasteiger charge is 2.08. The summed E-state index contributed by atoms with van der Waals surface area (Å²) in [5, 5.41) is 0. The van der Waals surface area contributed by atoms with Crippen LogP contribution in [-0.4, -0.2) is 9.55 Å². The minimum Gasteiger partial charge on any atom is -0.310 e. The molecule has 1 aromatic heterocycles. The van der Waals surface area contributed by atoms with Crippen molar-refractivity contribution < 1.29 is 0 Å². The van der Waals surface area contributed by atoms with Crippen molar-refractivity contribution in [2.45, 2.75) is 32.6 Å². The summed E-state index contributed by atoms with van der Waals surface area (Å²) in [5.41, 5.74) is 2.07. The van der Waals surface area contributed by atoms with Crippen molar-refractivity contribution in [2.24, 2.45) is 0 Å². The zero-order valence-corrected chi connectivity index (χ0v) is 7.84. The SMILES string of the molecule is Cc1cn(C2=CCCCC2)c(=O)[nH]1. The van der Waals surface area contributed by atoms with Crippen LogP contribution < -0.4 is 5.69 Å². The minimum absolute atomic E-state index is 0.00866. The predicted octanol–water partition coefficient (Wildman–Crippen LogP) is 1.90. The normalized spacial score (nSPS) is 17.2. The van der Waals surface area contributed by atoms with Gasteiger partial charge in [-0.25, -0.2) is 4.79 Å². The first-order chi connectivity index (χ1) is 6.27. The van der Waals surface area contributed by atoms with E-state index >= 15 is 0 Å². The number of H-pyrrole nitrogens is 1. The van der Waals surface area contributed by atoms with Crippen molar-refractivity contribution in [3.8, 4) is 0 Å². The standard InChI is InChI=1S/C10H14N2O/c1-8-7-12(10(13)11-8)9-5-3-2-4-6-9/h5,7H,2-4,6H2,1H3,(H,11,13). The van der Waals surface area contributed by atoms with E-state index in [4.69, 9.17) is 0 Å². The highest BCUT2D eigenvalue weighted by atomic mass is 16.1. The van der Waals surface area contributed by atoms with Crippen LogP contribution in [0.25, 0.3) is 5.70 Å². The number of aromatic amines is 1. The van der Waals surface area contributed by atoms with Gasteiger partial charge in [-0.3, -0.25) is 4.57 Å². The van der Waals surface area contributed by atoms with Gasteiger partial charge in [0.25, 0.3) is 0 Å². The van der Waals surface area contributed by atoms with Gasteiger partial charge in [0.15, 0.2) is 0 Å². The number of aromatic nitrogens is 2. The van der Waals surface area contributed by atoms with Gasteiger partial charge in [-0.15, -0.1) is 0 Å². The van der Waals surface area contributed by atoms with Crippen molar-refractivity contribution in [2.75, 3.05) is 0 Å². The van der Waals surface area contributed by atoms with E-state index in [0.29, 0.717) is 0 Å². The molecule has 0 radical (unpaired) electrons. The number of nitrogens with zero attached hydrogens (tertiary/aromatic N) is 1. The van der Waals surface area contributed by atoms with Gasteiger partial charge < -0.3 is 4.98 Å². The van der Waals surface area contributed by atoms with Crippen LogP contribution in [-0.2, 0) is 0 Å². The lowest BCUT2D eigenvalue weighted by molar-refractivity contribution is 0.713. The zero-order valence-electron chi connectivity index (χ0n) is 7.84. The van der Waals surface area contributed by atoms with Gasteiger partial charge in [0.05, 0.1) is 0 Å². The first kappa shape index (κ1) is 8.35. The van der Waals surface area contributed by atoms with Crippen LogP contribution in [0.4, 0.5) is 0 Å². The lowest BCUT2D eigenvalue weighted by Crippen LogP contribution is -2.16. The Balaban J connectivity index is 2.39. The van der Waals surface area contributed by atoms with Crippen LogP contribution in [0.15, 0.2) is 17.1 Å². The fourth-order valence-corrected chi connectivity index (χ4v) is 1.77. The van der Waals surface area contributed by atoms with Gasteiger partial charge in [0.1, 0.15) is 0 Å². The smallest absolute Gasteiger partial charge is 0.310 e. The number of hydrogen-bond acceptors (Lipinski definition) is 1. The molecule has 13 heavy (non-hydrogen) atoms. The maximum atomic E-state index is 11.4. The summed E-state index contributed by atoms with van der Waals surface area (Å²) in [6.45, 7) is 1.90. The van der Waals surface area contributed by atoms with E-state index in [0.717, 1.165) is 24.2 Å². The van der Waals surface area contributed by atoms with Crippen LogP contribution >= 0.6 is 0 Å². The summed E-state index contributed by atoms with van der Waals surface area (Å²) in [4.78, 5) is 14.2. The van der Waals surface area contributed by atoms with Crippen LogP contribution in [0.5, 0.6) is 0 Å². The van der Waals surface area contributed by atoms with E-state index in [-0.39, 0.29) is 5.69 Å². The molecule has 0 aliphatic heterocycles. The predicted molar refractivity (Wildman–Crippen MR) is 52.5 cm³/mol. The van der Waals surface area contributed by atoms with Crippen molar-refractivity contribution in [1.29, 1.82) is 0 Å². The molecule has 1 heterocycles. The lowest BCUT2D eigenvalue weighted by Gasteiger charge is -2.11. The molecular weight excluding hydrogens is 164 g/mol. The Hall–Kier alpha value is -1.25. The monoisotopic (exact) mass is 178 g/mol. The average molecular weight is 178 g/mol. The largest absolute Gasteiger partial charge is 0.330 e. The quantitative estimate of drug-likeness (QED) is 0.700. The van der Waals surface area contributed by atoms with Crippen molar-refractivity contribution in [3.63, 3.8) is 0 Å². The second-order valence-corrected chi connectivity index (χ2v) is 3.55. The van der Waals surface area contributed by atoms with Gasteiger partial charge in [-0.1, -0.05) is 6.08 Å². The molecule has 1 aliphatic carbocycles. The van der Waals surface area contributed by atoms with Crippen molar-refractivity contribution in [1.82, 2.24) is 9.55 Å². The molecule has 1 N–H and O–H groups in total. The number of hydrogen-bond donors (Lipinski definition) is 1. The first-order valence-electron chi connectivity index (χ1n) is 4.75. The third-order valence-electron chi connectivity index (χ3n) is 2.42. The summed E-state index contributed by atoms with van der Waals surface area (Å²) in [6.07, 6.45) is 8.62. The van der Waals surface area contributed by atoms with E-state index < -0.39 is 0 Å². The molecular formula is C10H14N2O. The van der Waals surface area contributed by atoms with Crippen molar-refractivity contribution >= 4 is 5.70 Å². The molecule has 70 valence electrons. The molecule has 0 fully saturated rings. The second kappa shape index (κ2) is 3.24.